The maximum atomic E-state index is 13.1. The zero-order chi connectivity index (χ0) is 68.6. The maximum Gasteiger partial charge on any atom is 0.257 e. The summed E-state index contributed by atoms with van der Waals surface area (Å²) >= 11 is 12.8. The molecule has 3 fully saturated rings. The quantitative estimate of drug-likeness (QED) is 0.0274. The molecule has 2 heterocycles. The standard InChI is InChI=1S/C72H107Cl2N5O17S/c1-70-22-19-58(80)50-55(70)11-14-60-63-16-18-68(71(63,2)23-20-64(60)70)72(3,82)21-7-4-5-9-26-85-28-30-87-32-34-89-36-37-91-38-39-92-42-43-94-46-47-96-54-57-53-79(78-77-57)25-27-86-29-31-88-33-35-90-40-41-93-44-45-95-48-49-97(83,84)59-13-15-61(66(74)52-59)69(81)76-56-12-17-65(73)62(51-56)67-10-6-8-24-75-67/h6,8,10-13,15,17,24,51-53,58,60,63-64,68,80,82H,4-5,7,9,14,16,18-23,25-50,54H2,1-3H3,(H,76,81)/t58-,60-,63-,64-,68?,70-,71-,72?/m0/s1. The minimum absolute atomic E-state index is 0.0102. The number of unbranched alkanes of at least 4 members (excludes halogenated alkanes) is 3. The van der Waals surface area contributed by atoms with Crippen molar-refractivity contribution < 1.29 is 80.3 Å². The van der Waals surface area contributed by atoms with Gasteiger partial charge in [0.15, 0.2) is 9.84 Å². The lowest BCUT2D eigenvalue weighted by atomic mass is 9.46. The molecule has 2 unspecified atom stereocenters. The van der Waals surface area contributed by atoms with E-state index < -0.39 is 21.3 Å². The number of hydrogen-bond acceptors (Lipinski definition) is 20. The number of halogens is 2. The number of sulfone groups is 1. The van der Waals surface area contributed by atoms with E-state index in [0.717, 1.165) is 82.7 Å². The van der Waals surface area contributed by atoms with Crippen LogP contribution in [0.4, 0.5) is 5.69 Å². The summed E-state index contributed by atoms with van der Waals surface area (Å²) in [6.07, 6.45) is 20.0. The number of aliphatic hydroxyl groups excluding tert-OH is 1. The number of ether oxygens (including phenoxy) is 12. The van der Waals surface area contributed by atoms with Gasteiger partial charge in [0.2, 0.25) is 0 Å². The van der Waals surface area contributed by atoms with Crippen LogP contribution < -0.4 is 5.32 Å². The molecule has 3 N–H and O–H groups in total. The number of allylic oxidation sites excluding steroid dienone is 1. The third-order valence-electron chi connectivity index (χ3n) is 19.8. The van der Waals surface area contributed by atoms with Gasteiger partial charge >= 0.3 is 0 Å². The molecule has 25 heteroatoms. The first-order chi connectivity index (χ1) is 47.1. The number of amides is 1. The lowest BCUT2D eigenvalue weighted by Crippen LogP contribution is -2.53. The van der Waals surface area contributed by atoms with Crippen LogP contribution in [0.15, 0.2) is 83.5 Å². The first kappa shape index (κ1) is 78.6. The number of anilines is 1. The number of hydrogen-bond donors (Lipinski definition) is 3. The molecule has 8 rings (SSSR count). The molecule has 22 nitrogen and oxygen atoms in total. The summed E-state index contributed by atoms with van der Waals surface area (Å²) in [6, 6.07) is 14.4. The van der Waals surface area contributed by atoms with Gasteiger partial charge in [-0.15, -0.1) is 5.10 Å². The van der Waals surface area contributed by atoms with Gasteiger partial charge in [0.05, 0.1) is 208 Å². The largest absolute Gasteiger partial charge is 0.393 e. The fourth-order valence-corrected chi connectivity index (χ4v) is 16.4. The van der Waals surface area contributed by atoms with Crippen LogP contribution in [0.3, 0.4) is 0 Å². The number of benzene rings is 2. The molecule has 1 amide bonds. The minimum Gasteiger partial charge on any atom is -0.393 e. The van der Waals surface area contributed by atoms with Gasteiger partial charge in [-0.05, 0) is 154 Å². The number of carbonyl (C=O) groups is 1. The third-order valence-corrected chi connectivity index (χ3v) is 22.1. The average molecular weight is 1420 g/mol. The monoisotopic (exact) mass is 1420 g/mol. The summed E-state index contributed by atoms with van der Waals surface area (Å²) in [5, 5.41) is 33.9. The van der Waals surface area contributed by atoms with Crippen molar-refractivity contribution in [1.82, 2.24) is 20.0 Å². The SMILES string of the molecule is CC(O)(CCCCCCOCCOCCOCCOCCOCCOCCOCc1cn(CCOCCOCCOCCOCCOCCS(=O)(=O)c2ccc(C(=O)Nc3ccc(Cl)c(-c4ccccn4)c3)c(Cl)c2)nn1)C1CC[C@H]2[C@@H]3CC=C4C[C@@H](O)CC[C@]4(C)[C@H]3CC[C@]12C. The van der Waals surface area contributed by atoms with E-state index in [9.17, 15) is 23.4 Å². The predicted molar refractivity (Wildman–Crippen MR) is 370 cm³/mol. The molecule has 97 heavy (non-hydrogen) atoms. The summed E-state index contributed by atoms with van der Waals surface area (Å²) in [5.41, 5.74) is 3.98. The molecule has 3 saturated carbocycles. The second-order valence-corrected chi connectivity index (χ2v) is 29.4. The van der Waals surface area contributed by atoms with E-state index in [1.807, 2.05) is 18.3 Å². The van der Waals surface area contributed by atoms with Crippen LogP contribution in [0.5, 0.6) is 0 Å². The third kappa shape index (κ3) is 25.1. The van der Waals surface area contributed by atoms with Crippen LogP contribution >= 0.6 is 23.2 Å². The second kappa shape index (κ2) is 41.7. The van der Waals surface area contributed by atoms with Crippen molar-refractivity contribution in [3.05, 3.63) is 99.9 Å². The second-order valence-electron chi connectivity index (χ2n) is 26.4. The highest BCUT2D eigenvalue weighted by Gasteiger charge is 2.61. The first-order valence-electron chi connectivity index (χ1n) is 35.0. The molecule has 4 aliphatic rings. The van der Waals surface area contributed by atoms with Crippen molar-refractivity contribution in [2.24, 2.45) is 34.5 Å². The van der Waals surface area contributed by atoms with Crippen molar-refractivity contribution in [2.75, 3.05) is 163 Å². The summed E-state index contributed by atoms with van der Waals surface area (Å²) < 4.78 is 95.0. The van der Waals surface area contributed by atoms with Gasteiger partial charge in [-0.2, -0.15) is 0 Å². The van der Waals surface area contributed by atoms with E-state index >= 15 is 0 Å². The van der Waals surface area contributed by atoms with E-state index in [-0.39, 0.29) is 58.0 Å². The zero-order valence-electron chi connectivity index (χ0n) is 57.4. The molecule has 0 saturated heterocycles. The number of pyridine rings is 1. The molecule has 4 aromatic rings. The summed E-state index contributed by atoms with van der Waals surface area (Å²) in [6.45, 7) is 17.8. The normalized spacial score (nSPS) is 22.2. The number of aliphatic hydroxyl groups is 2. The van der Waals surface area contributed by atoms with Gasteiger partial charge in [0.25, 0.3) is 5.91 Å². The fraction of sp³-hybridized carbons (Fsp3) is 0.694. The molecule has 542 valence electrons. The Balaban J connectivity index is 0.502. The molecule has 2 aromatic heterocycles. The van der Waals surface area contributed by atoms with Gasteiger partial charge in [0.1, 0.15) is 5.69 Å². The van der Waals surface area contributed by atoms with Crippen LogP contribution in [0.25, 0.3) is 11.3 Å². The van der Waals surface area contributed by atoms with Crippen molar-refractivity contribution in [1.29, 1.82) is 0 Å². The molecule has 8 atom stereocenters. The minimum atomic E-state index is -3.74. The van der Waals surface area contributed by atoms with Gasteiger partial charge in [-0.3, -0.25) is 9.78 Å². The Bertz CT molecular complexity index is 3080. The molecule has 4 aliphatic carbocycles. The lowest BCUT2D eigenvalue weighted by molar-refractivity contribution is -0.105. The molecule has 0 radical (unpaired) electrons. The Labute approximate surface area is 584 Å². The first-order valence-corrected chi connectivity index (χ1v) is 37.4. The van der Waals surface area contributed by atoms with E-state index in [1.165, 1.54) is 43.0 Å². The number of rotatable bonds is 50. The Morgan fingerprint density at radius 1 is 0.649 bits per heavy atom. The van der Waals surface area contributed by atoms with Crippen LogP contribution in [-0.2, 0) is 79.8 Å². The molecular formula is C72H107Cl2N5O17S. The Kier molecular flexibility index (Phi) is 33.8. The van der Waals surface area contributed by atoms with Crippen LogP contribution in [-0.4, -0.2) is 214 Å². The number of fused-ring (bicyclic) bond motifs is 5. The van der Waals surface area contributed by atoms with E-state index in [2.05, 4.69) is 47.5 Å². The van der Waals surface area contributed by atoms with Gasteiger partial charge in [-0.1, -0.05) is 79.2 Å². The van der Waals surface area contributed by atoms with Gasteiger partial charge < -0.3 is 72.4 Å². The van der Waals surface area contributed by atoms with Crippen molar-refractivity contribution >= 4 is 44.6 Å². The Morgan fingerprint density at radius 2 is 1.24 bits per heavy atom. The molecule has 0 aliphatic heterocycles. The van der Waals surface area contributed by atoms with E-state index in [1.54, 1.807) is 35.1 Å². The smallest absolute Gasteiger partial charge is 0.257 e. The maximum absolute atomic E-state index is 13.1. The van der Waals surface area contributed by atoms with E-state index in [0.29, 0.717) is 178 Å². The van der Waals surface area contributed by atoms with Crippen LogP contribution in [0, 0.1) is 34.5 Å². The fourth-order valence-electron chi connectivity index (χ4n) is 14.7. The zero-order valence-corrected chi connectivity index (χ0v) is 59.7. The molecule has 2 aromatic carbocycles. The summed E-state index contributed by atoms with van der Waals surface area (Å²) in [7, 11) is -3.74. The van der Waals surface area contributed by atoms with Crippen molar-refractivity contribution in [3.63, 3.8) is 0 Å². The highest BCUT2D eigenvalue weighted by molar-refractivity contribution is 7.91. The van der Waals surface area contributed by atoms with Crippen LogP contribution in [0.2, 0.25) is 10.0 Å². The molecule has 0 bridgehead atoms. The summed E-state index contributed by atoms with van der Waals surface area (Å²) in [5.74, 6) is 1.73. The van der Waals surface area contributed by atoms with Gasteiger partial charge in [-0.25, -0.2) is 13.1 Å². The molecular weight excluding hydrogens is 1310 g/mol. The highest BCUT2D eigenvalue weighted by atomic mass is 35.5. The van der Waals surface area contributed by atoms with Crippen LogP contribution in [0.1, 0.15) is 120 Å². The lowest BCUT2D eigenvalue weighted by Gasteiger charge is -2.59. The van der Waals surface area contributed by atoms with Crippen molar-refractivity contribution in [2.45, 2.75) is 134 Å². The molecule has 0 spiro atoms. The average Bonchev–Trinajstić information content (AvgIpc) is 1.68. The highest BCUT2D eigenvalue weighted by Crippen LogP contribution is 2.68. The van der Waals surface area contributed by atoms with E-state index in [4.69, 9.17) is 80.0 Å². The predicted octanol–water partition coefficient (Wildman–Crippen LogP) is 10.7. The van der Waals surface area contributed by atoms with Crippen molar-refractivity contribution in [3.8, 4) is 11.3 Å². The number of nitrogens with one attached hydrogen (secondary N) is 1. The topological polar surface area (TPSA) is 258 Å². The number of carbonyl (C=O) groups excluding carboxylic acids is 1. The number of aromatic nitrogens is 4. The Morgan fingerprint density at radius 3 is 1.85 bits per heavy atom. The summed E-state index contributed by atoms with van der Waals surface area (Å²) in [4.78, 5) is 17.4. The van der Waals surface area contributed by atoms with Gasteiger partial charge in [0, 0.05) is 24.1 Å². The number of nitrogens with zero attached hydrogens (tertiary/aromatic N) is 4. The Hall–Kier alpha value is -4.09.